The molecule has 0 radical (unpaired) electrons. The fourth-order valence-corrected chi connectivity index (χ4v) is 0.991. The lowest BCUT2D eigenvalue weighted by atomic mass is 9.85. The predicted octanol–water partition coefficient (Wildman–Crippen LogP) is 1.18. The van der Waals surface area contributed by atoms with Crippen molar-refractivity contribution in [2.45, 2.75) is 25.3 Å². The molecule has 12 heavy (non-hydrogen) atoms. The van der Waals surface area contributed by atoms with E-state index in [1.165, 1.54) is 19.3 Å². The van der Waals surface area contributed by atoms with Gasteiger partial charge in [-0.05, 0) is 18.8 Å². The Bertz CT molecular complexity index is 178. The third-order valence-electron chi connectivity index (χ3n) is 2.03. The molecule has 1 atom stereocenters. The maximum absolute atomic E-state index is 10.2. The second kappa shape index (κ2) is 5.17. The molecule has 0 saturated heterocycles. The number of hydrogen-bond acceptors (Lipinski definition) is 2. The number of carboxylic acid groups (broad SMARTS) is 1. The first-order valence-corrected chi connectivity index (χ1v) is 3.87. The third kappa shape index (κ3) is 3.24. The topological polar surface area (TPSA) is 63.3 Å². The van der Waals surface area contributed by atoms with E-state index in [0.717, 1.165) is 0 Å². The highest BCUT2D eigenvalue weighted by Gasteiger charge is 2.14. The monoisotopic (exact) mass is 191 g/mol. The van der Waals surface area contributed by atoms with Crippen LogP contribution in [0.3, 0.4) is 0 Å². The van der Waals surface area contributed by atoms with Crippen molar-refractivity contribution in [3.8, 4) is 0 Å². The van der Waals surface area contributed by atoms with Crippen LogP contribution in [0.4, 0.5) is 0 Å². The molecule has 1 aliphatic rings. The second-order valence-corrected chi connectivity index (χ2v) is 2.94. The molecule has 1 saturated carbocycles. The van der Waals surface area contributed by atoms with Crippen LogP contribution in [0.15, 0.2) is 12.2 Å². The highest BCUT2D eigenvalue weighted by Crippen LogP contribution is 2.27. The molecule has 0 aromatic rings. The molecule has 4 heteroatoms. The molecule has 3 N–H and O–H groups in total. The van der Waals surface area contributed by atoms with Gasteiger partial charge in [0.1, 0.15) is 6.04 Å². The van der Waals surface area contributed by atoms with Gasteiger partial charge in [-0.3, -0.25) is 4.79 Å². The third-order valence-corrected chi connectivity index (χ3v) is 2.03. The van der Waals surface area contributed by atoms with E-state index in [9.17, 15) is 4.79 Å². The lowest BCUT2D eigenvalue weighted by molar-refractivity contribution is -0.137. The molecule has 0 unspecified atom stereocenters. The first-order chi connectivity index (χ1) is 5.20. The molecule has 0 aromatic carbocycles. The van der Waals surface area contributed by atoms with Gasteiger partial charge < -0.3 is 10.8 Å². The van der Waals surface area contributed by atoms with E-state index in [-0.39, 0.29) is 12.4 Å². The maximum atomic E-state index is 10.2. The van der Waals surface area contributed by atoms with Crippen LogP contribution in [0.25, 0.3) is 0 Å². The first-order valence-electron chi connectivity index (χ1n) is 3.87. The summed E-state index contributed by atoms with van der Waals surface area (Å²) in [5.74, 6) is -0.374. The molecular formula is C8H14ClNO2. The van der Waals surface area contributed by atoms with Crippen molar-refractivity contribution in [2.75, 3.05) is 0 Å². The Morgan fingerprint density at radius 1 is 1.58 bits per heavy atom. The lowest BCUT2D eigenvalue weighted by Crippen LogP contribution is -2.27. The van der Waals surface area contributed by atoms with Gasteiger partial charge in [0.05, 0.1) is 0 Å². The van der Waals surface area contributed by atoms with Crippen LogP contribution in [0.1, 0.15) is 19.3 Å². The number of carbonyl (C=O) groups is 1. The Morgan fingerprint density at radius 3 is 2.50 bits per heavy atom. The number of allylic oxidation sites excluding steroid dienone is 1. The number of carboxylic acids is 1. The Kier molecular flexibility index (Phi) is 4.93. The fourth-order valence-electron chi connectivity index (χ4n) is 0.991. The second-order valence-electron chi connectivity index (χ2n) is 2.94. The van der Waals surface area contributed by atoms with Crippen LogP contribution >= 0.6 is 12.4 Å². The quantitative estimate of drug-likeness (QED) is 0.659. The normalized spacial score (nSPS) is 19.8. The molecule has 0 amide bonds. The van der Waals surface area contributed by atoms with Crippen LogP contribution < -0.4 is 5.73 Å². The molecule has 1 aliphatic carbocycles. The van der Waals surface area contributed by atoms with E-state index in [1.807, 2.05) is 6.08 Å². The van der Waals surface area contributed by atoms with Crippen molar-refractivity contribution in [1.82, 2.24) is 0 Å². The van der Waals surface area contributed by atoms with E-state index < -0.39 is 12.0 Å². The van der Waals surface area contributed by atoms with Crippen molar-refractivity contribution >= 4 is 18.4 Å². The van der Waals surface area contributed by atoms with Gasteiger partial charge >= 0.3 is 5.97 Å². The van der Waals surface area contributed by atoms with Crippen molar-refractivity contribution in [1.29, 1.82) is 0 Å². The van der Waals surface area contributed by atoms with Crippen LogP contribution in [0, 0.1) is 5.92 Å². The van der Waals surface area contributed by atoms with E-state index in [1.54, 1.807) is 6.08 Å². The highest BCUT2D eigenvalue weighted by atomic mass is 35.5. The highest BCUT2D eigenvalue weighted by molar-refractivity contribution is 5.85. The van der Waals surface area contributed by atoms with E-state index in [0.29, 0.717) is 5.92 Å². The van der Waals surface area contributed by atoms with Gasteiger partial charge in [0.2, 0.25) is 0 Å². The molecule has 0 spiro atoms. The number of aliphatic carboxylic acids is 1. The lowest BCUT2D eigenvalue weighted by Gasteiger charge is -2.21. The van der Waals surface area contributed by atoms with Crippen molar-refractivity contribution < 1.29 is 9.90 Å². The van der Waals surface area contributed by atoms with E-state index in [2.05, 4.69) is 0 Å². The zero-order valence-electron chi connectivity index (χ0n) is 6.77. The number of rotatable bonds is 3. The van der Waals surface area contributed by atoms with Gasteiger partial charge in [0.25, 0.3) is 0 Å². The minimum Gasteiger partial charge on any atom is -0.480 e. The number of hydrogen-bond donors (Lipinski definition) is 2. The first kappa shape index (κ1) is 11.5. The molecule has 0 aromatic heterocycles. The van der Waals surface area contributed by atoms with Gasteiger partial charge in [0.15, 0.2) is 0 Å². The number of nitrogens with two attached hydrogens (primary N) is 1. The van der Waals surface area contributed by atoms with Gasteiger partial charge in [0, 0.05) is 0 Å². The average Bonchev–Trinajstić information content (AvgIpc) is 1.83. The molecule has 3 nitrogen and oxygen atoms in total. The maximum Gasteiger partial charge on any atom is 0.324 e. The van der Waals surface area contributed by atoms with Crippen molar-refractivity contribution in [2.24, 2.45) is 11.7 Å². The molecule has 70 valence electrons. The van der Waals surface area contributed by atoms with Crippen molar-refractivity contribution in [3.05, 3.63) is 12.2 Å². The zero-order valence-corrected chi connectivity index (χ0v) is 7.59. The minimum atomic E-state index is -0.958. The predicted molar refractivity (Wildman–Crippen MR) is 49.3 cm³/mol. The summed E-state index contributed by atoms with van der Waals surface area (Å²) < 4.78 is 0. The SMILES string of the molecule is Cl.N[C@@H](C=CC1CCC1)C(=O)O. The van der Waals surface area contributed by atoms with Gasteiger partial charge in [-0.2, -0.15) is 0 Å². The largest absolute Gasteiger partial charge is 0.480 e. The van der Waals surface area contributed by atoms with Gasteiger partial charge in [-0.25, -0.2) is 0 Å². The summed E-state index contributed by atoms with van der Waals surface area (Å²) in [7, 11) is 0. The van der Waals surface area contributed by atoms with E-state index >= 15 is 0 Å². The van der Waals surface area contributed by atoms with Crippen LogP contribution in [0.5, 0.6) is 0 Å². The average molecular weight is 192 g/mol. The summed E-state index contributed by atoms with van der Waals surface area (Å²) in [6, 6.07) is -0.824. The zero-order chi connectivity index (χ0) is 8.27. The van der Waals surface area contributed by atoms with Gasteiger partial charge in [-0.15, -0.1) is 12.4 Å². The molecule has 0 aliphatic heterocycles. The van der Waals surface area contributed by atoms with Crippen LogP contribution in [0.2, 0.25) is 0 Å². The van der Waals surface area contributed by atoms with E-state index in [4.69, 9.17) is 10.8 Å². The van der Waals surface area contributed by atoms with Crippen LogP contribution in [-0.4, -0.2) is 17.1 Å². The Morgan fingerprint density at radius 2 is 2.17 bits per heavy atom. The molecule has 1 rings (SSSR count). The summed E-state index contributed by atoms with van der Waals surface area (Å²) in [6.07, 6.45) is 7.12. The Labute approximate surface area is 78.0 Å². The standard InChI is InChI=1S/C8H13NO2.ClH/c9-7(8(10)11)5-4-6-2-1-3-6;/h4-7H,1-3,9H2,(H,10,11);1H/t7-;/m0./s1. The molecular weight excluding hydrogens is 178 g/mol. The Balaban J connectivity index is 0.00000121. The minimum absolute atomic E-state index is 0. The van der Waals surface area contributed by atoms with Crippen LogP contribution in [-0.2, 0) is 4.79 Å². The number of halogens is 1. The fraction of sp³-hybridized carbons (Fsp3) is 0.625. The molecule has 1 fully saturated rings. The van der Waals surface area contributed by atoms with Crippen molar-refractivity contribution in [3.63, 3.8) is 0 Å². The Hall–Kier alpha value is -0.540. The summed E-state index contributed by atoms with van der Waals surface area (Å²) >= 11 is 0. The smallest absolute Gasteiger partial charge is 0.324 e. The summed E-state index contributed by atoms with van der Waals surface area (Å²) in [4.78, 5) is 10.2. The molecule has 0 heterocycles. The molecule has 0 bridgehead atoms. The summed E-state index contributed by atoms with van der Waals surface area (Å²) in [6.45, 7) is 0. The summed E-state index contributed by atoms with van der Waals surface area (Å²) in [5, 5.41) is 8.41. The van der Waals surface area contributed by atoms with Gasteiger partial charge in [-0.1, -0.05) is 18.6 Å². The summed E-state index contributed by atoms with van der Waals surface area (Å²) in [5.41, 5.74) is 5.26.